The van der Waals surface area contributed by atoms with Crippen molar-refractivity contribution in [3.63, 3.8) is 0 Å². The Balaban J connectivity index is 1.79. The highest BCUT2D eigenvalue weighted by Gasteiger charge is 2.15. The second kappa shape index (κ2) is 7.35. The minimum absolute atomic E-state index is 0.258. The van der Waals surface area contributed by atoms with Gasteiger partial charge in [0.15, 0.2) is 0 Å². The Morgan fingerprint density at radius 2 is 2.32 bits per heavy atom. The van der Waals surface area contributed by atoms with Crippen molar-refractivity contribution in [3.05, 3.63) is 12.4 Å². The van der Waals surface area contributed by atoms with Crippen LogP contribution in [-0.2, 0) is 11.3 Å². The number of urea groups is 1. The van der Waals surface area contributed by atoms with E-state index in [2.05, 4.69) is 15.7 Å². The van der Waals surface area contributed by atoms with Gasteiger partial charge in [-0.05, 0) is 18.8 Å². The fourth-order valence-corrected chi connectivity index (χ4v) is 2.15. The lowest BCUT2D eigenvalue weighted by atomic mass is 10.0. The third-order valence-electron chi connectivity index (χ3n) is 3.06. The van der Waals surface area contributed by atoms with Crippen molar-refractivity contribution in [1.82, 2.24) is 15.1 Å². The molecule has 1 saturated heterocycles. The molecule has 2 rings (SSSR count). The molecule has 0 unspecified atom stereocenters. The maximum atomic E-state index is 11.4. The SMILES string of the molecule is O=C(NCCCl)Nc1cnn(CC2CCOCC2)c1. The molecule has 2 heterocycles. The summed E-state index contributed by atoms with van der Waals surface area (Å²) in [7, 11) is 0. The van der Waals surface area contributed by atoms with Crippen LogP contribution in [0.5, 0.6) is 0 Å². The minimum atomic E-state index is -0.258. The Morgan fingerprint density at radius 3 is 3.05 bits per heavy atom. The van der Waals surface area contributed by atoms with E-state index < -0.39 is 0 Å². The third kappa shape index (κ3) is 4.72. The van der Waals surface area contributed by atoms with E-state index in [-0.39, 0.29) is 6.03 Å². The van der Waals surface area contributed by atoms with Crippen LogP contribution in [0.3, 0.4) is 0 Å². The minimum Gasteiger partial charge on any atom is -0.381 e. The molecule has 1 aromatic heterocycles. The topological polar surface area (TPSA) is 68.2 Å². The molecule has 0 aromatic carbocycles. The van der Waals surface area contributed by atoms with Crippen molar-refractivity contribution in [2.45, 2.75) is 19.4 Å². The molecule has 0 radical (unpaired) electrons. The standard InChI is InChI=1S/C12H19ClN4O2/c13-3-4-14-12(18)16-11-7-15-17(9-11)8-10-1-5-19-6-2-10/h7,9-10H,1-6,8H2,(H2,14,16,18). The lowest BCUT2D eigenvalue weighted by Gasteiger charge is -2.21. The summed E-state index contributed by atoms with van der Waals surface area (Å²) in [6.07, 6.45) is 5.63. The number of alkyl halides is 1. The smallest absolute Gasteiger partial charge is 0.319 e. The molecule has 1 fully saturated rings. The van der Waals surface area contributed by atoms with Crippen molar-refractivity contribution in [3.8, 4) is 0 Å². The summed E-state index contributed by atoms with van der Waals surface area (Å²) in [6, 6.07) is -0.258. The summed E-state index contributed by atoms with van der Waals surface area (Å²) in [5, 5.41) is 9.60. The molecule has 7 heteroatoms. The Labute approximate surface area is 117 Å². The van der Waals surface area contributed by atoms with Crippen molar-refractivity contribution >= 4 is 23.3 Å². The predicted molar refractivity (Wildman–Crippen MR) is 73.5 cm³/mol. The van der Waals surface area contributed by atoms with Crippen molar-refractivity contribution < 1.29 is 9.53 Å². The maximum Gasteiger partial charge on any atom is 0.319 e. The number of rotatable bonds is 5. The molecule has 6 nitrogen and oxygen atoms in total. The van der Waals surface area contributed by atoms with Crippen LogP contribution in [0.25, 0.3) is 0 Å². The Bertz CT molecular complexity index is 404. The molecule has 19 heavy (non-hydrogen) atoms. The number of carbonyl (C=O) groups excluding carboxylic acids is 1. The van der Waals surface area contributed by atoms with Gasteiger partial charge >= 0.3 is 6.03 Å². The van der Waals surface area contributed by atoms with Crippen LogP contribution in [0, 0.1) is 5.92 Å². The van der Waals surface area contributed by atoms with E-state index >= 15 is 0 Å². The van der Waals surface area contributed by atoms with Crippen LogP contribution in [0.15, 0.2) is 12.4 Å². The summed E-state index contributed by atoms with van der Waals surface area (Å²) in [5.74, 6) is 1.00. The second-order valence-electron chi connectivity index (χ2n) is 4.58. The van der Waals surface area contributed by atoms with Gasteiger partial charge in [0.2, 0.25) is 0 Å². The molecule has 106 valence electrons. The fourth-order valence-electron chi connectivity index (χ4n) is 2.06. The number of carbonyl (C=O) groups is 1. The Morgan fingerprint density at radius 1 is 1.53 bits per heavy atom. The van der Waals surface area contributed by atoms with E-state index in [0.717, 1.165) is 32.6 Å². The molecule has 0 spiro atoms. The third-order valence-corrected chi connectivity index (χ3v) is 3.25. The van der Waals surface area contributed by atoms with Crippen LogP contribution >= 0.6 is 11.6 Å². The van der Waals surface area contributed by atoms with Gasteiger partial charge in [-0.15, -0.1) is 11.6 Å². The monoisotopic (exact) mass is 286 g/mol. The highest BCUT2D eigenvalue weighted by atomic mass is 35.5. The molecule has 0 atom stereocenters. The Kier molecular flexibility index (Phi) is 5.47. The number of anilines is 1. The van der Waals surface area contributed by atoms with Crippen LogP contribution < -0.4 is 10.6 Å². The van der Waals surface area contributed by atoms with E-state index in [1.165, 1.54) is 0 Å². The van der Waals surface area contributed by atoms with Gasteiger partial charge in [0.05, 0.1) is 11.9 Å². The average Bonchev–Trinajstić information content (AvgIpc) is 2.85. The van der Waals surface area contributed by atoms with E-state index in [1.807, 2.05) is 10.9 Å². The lowest BCUT2D eigenvalue weighted by molar-refractivity contribution is 0.0601. The van der Waals surface area contributed by atoms with Crippen LogP contribution in [-0.4, -0.2) is 41.5 Å². The highest BCUT2D eigenvalue weighted by Crippen LogP contribution is 2.17. The van der Waals surface area contributed by atoms with Gasteiger partial charge in [0, 0.05) is 38.4 Å². The zero-order valence-corrected chi connectivity index (χ0v) is 11.5. The summed E-state index contributed by atoms with van der Waals surface area (Å²) < 4.78 is 7.20. The first-order valence-electron chi connectivity index (χ1n) is 6.49. The average molecular weight is 287 g/mol. The lowest BCUT2D eigenvalue weighted by Crippen LogP contribution is -2.30. The second-order valence-corrected chi connectivity index (χ2v) is 4.95. The molecule has 0 bridgehead atoms. The summed E-state index contributed by atoms with van der Waals surface area (Å²) in [5.41, 5.74) is 0.694. The van der Waals surface area contributed by atoms with Gasteiger partial charge in [0.25, 0.3) is 0 Å². The number of nitrogens with one attached hydrogen (secondary N) is 2. The molecule has 2 amide bonds. The van der Waals surface area contributed by atoms with Crippen molar-refractivity contribution in [1.29, 1.82) is 0 Å². The van der Waals surface area contributed by atoms with Gasteiger partial charge < -0.3 is 15.4 Å². The molecular formula is C12H19ClN4O2. The number of hydrogen-bond donors (Lipinski definition) is 2. The van der Waals surface area contributed by atoms with Gasteiger partial charge in [-0.2, -0.15) is 5.10 Å². The normalized spacial score (nSPS) is 16.3. The number of halogens is 1. The molecule has 0 saturated carbocycles. The van der Waals surface area contributed by atoms with Crippen LogP contribution in [0.2, 0.25) is 0 Å². The first-order chi connectivity index (χ1) is 9.28. The highest BCUT2D eigenvalue weighted by molar-refractivity contribution is 6.18. The van der Waals surface area contributed by atoms with Crippen molar-refractivity contribution in [2.75, 3.05) is 31.0 Å². The van der Waals surface area contributed by atoms with E-state index in [9.17, 15) is 4.79 Å². The number of ether oxygens (including phenoxy) is 1. The Hall–Kier alpha value is -1.27. The first kappa shape index (κ1) is 14.1. The first-order valence-corrected chi connectivity index (χ1v) is 7.02. The maximum absolute atomic E-state index is 11.4. The zero-order valence-electron chi connectivity index (χ0n) is 10.8. The molecule has 1 aromatic rings. The molecule has 1 aliphatic heterocycles. The van der Waals surface area contributed by atoms with Crippen LogP contribution in [0.4, 0.5) is 10.5 Å². The van der Waals surface area contributed by atoms with Crippen molar-refractivity contribution in [2.24, 2.45) is 5.92 Å². The van der Waals surface area contributed by atoms with Crippen LogP contribution in [0.1, 0.15) is 12.8 Å². The largest absolute Gasteiger partial charge is 0.381 e. The quantitative estimate of drug-likeness (QED) is 0.809. The zero-order chi connectivity index (χ0) is 13.5. The van der Waals surface area contributed by atoms with E-state index in [1.54, 1.807) is 6.20 Å². The van der Waals surface area contributed by atoms with E-state index in [4.69, 9.17) is 16.3 Å². The number of hydrogen-bond acceptors (Lipinski definition) is 3. The number of aromatic nitrogens is 2. The predicted octanol–water partition coefficient (Wildman–Crippen LogP) is 1.67. The van der Waals surface area contributed by atoms with Gasteiger partial charge in [-0.1, -0.05) is 0 Å². The number of nitrogens with zero attached hydrogens (tertiary/aromatic N) is 2. The molecule has 2 N–H and O–H groups in total. The fraction of sp³-hybridized carbons (Fsp3) is 0.667. The van der Waals surface area contributed by atoms with Gasteiger partial charge in [-0.3, -0.25) is 4.68 Å². The summed E-state index contributed by atoms with van der Waals surface area (Å²) in [4.78, 5) is 11.4. The summed E-state index contributed by atoms with van der Waals surface area (Å²) >= 11 is 5.49. The van der Waals surface area contributed by atoms with E-state index in [0.29, 0.717) is 24.0 Å². The molecular weight excluding hydrogens is 268 g/mol. The number of amides is 2. The molecule has 1 aliphatic rings. The van der Waals surface area contributed by atoms with Gasteiger partial charge in [-0.25, -0.2) is 4.79 Å². The molecule has 0 aliphatic carbocycles. The van der Waals surface area contributed by atoms with Gasteiger partial charge in [0.1, 0.15) is 0 Å². The summed E-state index contributed by atoms with van der Waals surface area (Å²) in [6.45, 7) is 2.98.